The standard InChI is InChI=1S/C17H26N2O3/c1-17(2,3)22-16(20)19-10-6-8-14(12-19)18-13-7-5-9-15(11-13)21-4/h5,7,9,11,14,18H,6,8,10,12H2,1-4H3/t14-/m0/s1. The van der Waals surface area contributed by atoms with Gasteiger partial charge >= 0.3 is 6.09 Å². The number of amides is 1. The van der Waals surface area contributed by atoms with Gasteiger partial charge in [0, 0.05) is 30.9 Å². The van der Waals surface area contributed by atoms with Crippen LogP contribution in [0.15, 0.2) is 24.3 Å². The molecule has 0 spiro atoms. The molecule has 1 heterocycles. The van der Waals surface area contributed by atoms with Crippen LogP contribution in [-0.2, 0) is 4.74 Å². The van der Waals surface area contributed by atoms with Crippen molar-refractivity contribution in [2.45, 2.75) is 45.3 Å². The molecule has 1 amide bonds. The highest BCUT2D eigenvalue weighted by atomic mass is 16.6. The number of likely N-dealkylation sites (tertiary alicyclic amines) is 1. The summed E-state index contributed by atoms with van der Waals surface area (Å²) < 4.78 is 10.7. The van der Waals surface area contributed by atoms with E-state index in [1.165, 1.54) is 0 Å². The van der Waals surface area contributed by atoms with E-state index in [0.29, 0.717) is 6.54 Å². The minimum Gasteiger partial charge on any atom is -0.497 e. The van der Waals surface area contributed by atoms with Crippen molar-refractivity contribution in [3.05, 3.63) is 24.3 Å². The molecule has 0 aromatic heterocycles. The lowest BCUT2D eigenvalue weighted by molar-refractivity contribution is 0.0206. The highest BCUT2D eigenvalue weighted by Crippen LogP contribution is 2.21. The van der Waals surface area contributed by atoms with E-state index >= 15 is 0 Å². The van der Waals surface area contributed by atoms with Crippen LogP contribution in [-0.4, -0.2) is 42.8 Å². The number of carbonyl (C=O) groups is 1. The fraction of sp³-hybridized carbons (Fsp3) is 0.588. The smallest absolute Gasteiger partial charge is 0.410 e. The van der Waals surface area contributed by atoms with Gasteiger partial charge in [0.2, 0.25) is 0 Å². The number of benzene rings is 1. The summed E-state index contributed by atoms with van der Waals surface area (Å²) in [5.74, 6) is 0.824. The van der Waals surface area contributed by atoms with Gasteiger partial charge in [0.1, 0.15) is 11.4 Å². The van der Waals surface area contributed by atoms with Crippen LogP contribution in [0.25, 0.3) is 0 Å². The Morgan fingerprint density at radius 3 is 2.82 bits per heavy atom. The molecule has 22 heavy (non-hydrogen) atoms. The second-order valence-electron chi connectivity index (χ2n) is 6.64. The van der Waals surface area contributed by atoms with Crippen LogP contribution in [0, 0.1) is 0 Å². The molecule has 5 heteroatoms. The predicted molar refractivity (Wildman–Crippen MR) is 87.4 cm³/mol. The summed E-state index contributed by atoms with van der Waals surface area (Å²) in [5.41, 5.74) is 0.556. The van der Waals surface area contributed by atoms with Crippen LogP contribution in [0.4, 0.5) is 10.5 Å². The van der Waals surface area contributed by atoms with Crippen LogP contribution in [0.3, 0.4) is 0 Å². The van der Waals surface area contributed by atoms with E-state index in [0.717, 1.165) is 30.8 Å². The van der Waals surface area contributed by atoms with Crippen molar-refractivity contribution in [3.8, 4) is 5.75 Å². The fourth-order valence-electron chi connectivity index (χ4n) is 2.54. The second-order valence-corrected chi connectivity index (χ2v) is 6.64. The summed E-state index contributed by atoms with van der Waals surface area (Å²) in [5, 5.41) is 3.47. The molecule has 1 aliphatic heterocycles. The molecule has 0 saturated carbocycles. The Bertz CT molecular complexity index is 511. The topological polar surface area (TPSA) is 50.8 Å². The van der Waals surface area contributed by atoms with Gasteiger partial charge in [-0.05, 0) is 45.7 Å². The molecule has 1 saturated heterocycles. The minimum absolute atomic E-state index is 0.230. The van der Waals surface area contributed by atoms with E-state index in [1.807, 2.05) is 45.0 Å². The van der Waals surface area contributed by atoms with Gasteiger partial charge < -0.3 is 19.7 Å². The summed E-state index contributed by atoms with van der Waals surface area (Å²) in [6.45, 7) is 7.08. The monoisotopic (exact) mass is 306 g/mol. The molecule has 1 aromatic carbocycles. The van der Waals surface area contributed by atoms with Crippen molar-refractivity contribution in [1.29, 1.82) is 0 Å². The molecule has 2 rings (SSSR count). The highest BCUT2D eigenvalue weighted by Gasteiger charge is 2.27. The zero-order valence-electron chi connectivity index (χ0n) is 13.9. The van der Waals surface area contributed by atoms with Crippen LogP contribution >= 0.6 is 0 Å². The number of methoxy groups -OCH3 is 1. The quantitative estimate of drug-likeness (QED) is 0.928. The van der Waals surface area contributed by atoms with E-state index in [1.54, 1.807) is 12.0 Å². The Hall–Kier alpha value is -1.91. The third kappa shape index (κ3) is 4.83. The zero-order valence-corrected chi connectivity index (χ0v) is 13.9. The normalized spacial score (nSPS) is 18.7. The van der Waals surface area contributed by atoms with Crippen molar-refractivity contribution >= 4 is 11.8 Å². The summed E-state index contributed by atoms with van der Waals surface area (Å²) in [7, 11) is 1.66. The first kappa shape index (κ1) is 16.5. The SMILES string of the molecule is COc1cccc(N[C@H]2CCCN(C(=O)OC(C)(C)C)C2)c1. The first-order valence-electron chi connectivity index (χ1n) is 7.76. The van der Waals surface area contributed by atoms with Gasteiger partial charge in [-0.1, -0.05) is 6.07 Å². The third-order valence-electron chi connectivity index (χ3n) is 3.51. The molecule has 5 nitrogen and oxygen atoms in total. The van der Waals surface area contributed by atoms with E-state index in [2.05, 4.69) is 5.32 Å². The second kappa shape index (κ2) is 6.90. The van der Waals surface area contributed by atoms with Crippen molar-refractivity contribution in [2.24, 2.45) is 0 Å². The van der Waals surface area contributed by atoms with Crippen molar-refractivity contribution < 1.29 is 14.3 Å². The van der Waals surface area contributed by atoms with Crippen molar-refractivity contribution in [2.75, 3.05) is 25.5 Å². The van der Waals surface area contributed by atoms with Gasteiger partial charge in [0.15, 0.2) is 0 Å². The van der Waals surface area contributed by atoms with Gasteiger partial charge in [-0.3, -0.25) is 0 Å². The van der Waals surface area contributed by atoms with Crippen molar-refractivity contribution in [3.63, 3.8) is 0 Å². The van der Waals surface area contributed by atoms with Gasteiger partial charge in [0.05, 0.1) is 7.11 Å². The molecule has 1 aromatic rings. The highest BCUT2D eigenvalue weighted by molar-refractivity contribution is 5.68. The predicted octanol–water partition coefficient (Wildman–Crippen LogP) is 3.51. The summed E-state index contributed by atoms with van der Waals surface area (Å²) >= 11 is 0. The fourth-order valence-corrected chi connectivity index (χ4v) is 2.54. The van der Waals surface area contributed by atoms with Crippen LogP contribution < -0.4 is 10.1 Å². The molecular weight excluding hydrogens is 280 g/mol. The summed E-state index contributed by atoms with van der Waals surface area (Å²) in [6.07, 6.45) is 1.78. The number of piperidine rings is 1. The number of rotatable bonds is 3. The Kier molecular flexibility index (Phi) is 5.16. The molecule has 122 valence electrons. The molecular formula is C17H26N2O3. The Morgan fingerprint density at radius 1 is 1.36 bits per heavy atom. The van der Waals surface area contributed by atoms with Gasteiger partial charge in [0.25, 0.3) is 0 Å². The molecule has 1 N–H and O–H groups in total. The van der Waals surface area contributed by atoms with E-state index in [9.17, 15) is 4.79 Å². The van der Waals surface area contributed by atoms with E-state index in [-0.39, 0.29) is 12.1 Å². The Balaban J connectivity index is 1.94. The lowest BCUT2D eigenvalue weighted by Crippen LogP contribution is -2.46. The maximum absolute atomic E-state index is 12.2. The van der Waals surface area contributed by atoms with Crippen molar-refractivity contribution in [1.82, 2.24) is 4.90 Å². The van der Waals surface area contributed by atoms with Gasteiger partial charge in [-0.25, -0.2) is 4.79 Å². The largest absolute Gasteiger partial charge is 0.497 e. The van der Waals surface area contributed by atoms with Gasteiger partial charge in [-0.15, -0.1) is 0 Å². The minimum atomic E-state index is -0.454. The van der Waals surface area contributed by atoms with Crippen LogP contribution in [0.2, 0.25) is 0 Å². The molecule has 1 aliphatic rings. The Morgan fingerprint density at radius 2 is 2.14 bits per heavy atom. The average molecular weight is 306 g/mol. The van der Waals surface area contributed by atoms with Crippen LogP contribution in [0.5, 0.6) is 5.75 Å². The first-order valence-corrected chi connectivity index (χ1v) is 7.76. The average Bonchev–Trinajstić information content (AvgIpc) is 2.46. The molecule has 1 atom stereocenters. The maximum atomic E-state index is 12.2. The molecule has 1 fully saturated rings. The lowest BCUT2D eigenvalue weighted by atomic mass is 10.1. The number of hydrogen-bond acceptors (Lipinski definition) is 4. The summed E-state index contributed by atoms with van der Waals surface area (Å²) in [6, 6.07) is 8.07. The molecule has 0 unspecified atom stereocenters. The number of nitrogens with one attached hydrogen (secondary N) is 1. The van der Waals surface area contributed by atoms with Gasteiger partial charge in [-0.2, -0.15) is 0 Å². The number of anilines is 1. The zero-order chi connectivity index (χ0) is 16.2. The number of nitrogens with zero attached hydrogens (tertiary/aromatic N) is 1. The summed E-state index contributed by atoms with van der Waals surface area (Å²) in [4.78, 5) is 14.0. The number of carbonyl (C=O) groups excluding carboxylic acids is 1. The molecule has 0 bridgehead atoms. The molecule has 0 radical (unpaired) electrons. The first-order chi connectivity index (χ1) is 10.4. The number of ether oxygens (including phenoxy) is 2. The van der Waals surface area contributed by atoms with E-state index < -0.39 is 5.60 Å². The lowest BCUT2D eigenvalue weighted by Gasteiger charge is -2.34. The third-order valence-corrected chi connectivity index (χ3v) is 3.51. The van der Waals surface area contributed by atoms with E-state index in [4.69, 9.17) is 9.47 Å². The molecule has 0 aliphatic carbocycles. The van der Waals surface area contributed by atoms with Crippen LogP contribution in [0.1, 0.15) is 33.6 Å². The maximum Gasteiger partial charge on any atom is 0.410 e. The number of hydrogen-bond donors (Lipinski definition) is 1. The Labute approximate surface area is 132 Å².